The van der Waals surface area contributed by atoms with Gasteiger partial charge < -0.3 is 14.6 Å². The summed E-state index contributed by atoms with van der Waals surface area (Å²) in [5.74, 6) is -0.575. The lowest BCUT2D eigenvalue weighted by Gasteiger charge is -2.15. The van der Waals surface area contributed by atoms with Gasteiger partial charge in [0.1, 0.15) is 6.61 Å². The van der Waals surface area contributed by atoms with Crippen molar-refractivity contribution in [3.8, 4) is 0 Å². The fraction of sp³-hybridized carbons (Fsp3) is 0.920. The normalized spacial score (nSPS) is 12.1. The highest BCUT2D eigenvalue weighted by Crippen LogP contribution is 2.16. The Labute approximate surface area is 343 Å². The number of hydrogen-bond donors (Lipinski definition) is 1. The van der Waals surface area contributed by atoms with Gasteiger partial charge in [-0.15, -0.1) is 0 Å². The molecule has 0 amide bonds. The van der Waals surface area contributed by atoms with Crippen molar-refractivity contribution in [2.75, 3.05) is 13.2 Å². The van der Waals surface area contributed by atoms with Crippen molar-refractivity contribution < 1.29 is 24.2 Å². The monoisotopic (exact) mass is 777 g/mol. The van der Waals surface area contributed by atoms with Crippen LogP contribution in [0, 0.1) is 0 Å². The Balaban J connectivity index is 3.46. The number of allylic oxidation sites excluding steroid dienone is 2. The molecule has 0 fully saturated rings. The largest absolute Gasteiger partial charge is 0.462 e. The van der Waals surface area contributed by atoms with Crippen molar-refractivity contribution >= 4 is 11.9 Å². The van der Waals surface area contributed by atoms with E-state index in [-0.39, 0.29) is 25.2 Å². The number of esters is 2. The number of aliphatic hydroxyl groups is 1. The first-order valence-corrected chi connectivity index (χ1v) is 24.7. The third kappa shape index (κ3) is 45.2. The molecular weight excluding hydrogens is 681 g/mol. The maximum Gasteiger partial charge on any atom is 0.306 e. The minimum absolute atomic E-state index is 0.0597. The zero-order valence-corrected chi connectivity index (χ0v) is 37.2. The fourth-order valence-corrected chi connectivity index (χ4v) is 7.55. The summed E-state index contributed by atoms with van der Waals surface area (Å²) < 4.78 is 10.7. The molecule has 1 unspecified atom stereocenters. The van der Waals surface area contributed by atoms with Gasteiger partial charge in [-0.1, -0.05) is 238 Å². The van der Waals surface area contributed by atoms with Gasteiger partial charge in [-0.05, 0) is 38.5 Å². The van der Waals surface area contributed by atoms with Crippen molar-refractivity contribution in [3.05, 3.63) is 12.2 Å². The molecule has 0 bridgehead atoms. The molecule has 0 aromatic rings. The summed E-state index contributed by atoms with van der Waals surface area (Å²) >= 11 is 0. The van der Waals surface area contributed by atoms with E-state index in [1.807, 2.05) is 0 Å². The smallest absolute Gasteiger partial charge is 0.306 e. The molecule has 0 spiro atoms. The number of ether oxygens (including phenoxy) is 2. The van der Waals surface area contributed by atoms with Crippen LogP contribution in [0.1, 0.15) is 277 Å². The molecule has 1 N–H and O–H groups in total. The SMILES string of the molecule is CCCCCCCCCC/C=C\CCCCCCCCCCCC(=O)OC(CO)COC(=O)CCCCCCCCCCCCCCCCCCCCCC. The average molecular weight is 777 g/mol. The van der Waals surface area contributed by atoms with E-state index >= 15 is 0 Å². The van der Waals surface area contributed by atoms with Crippen LogP contribution in [-0.2, 0) is 19.1 Å². The van der Waals surface area contributed by atoms with Crippen LogP contribution in [0.15, 0.2) is 12.2 Å². The second kappa shape index (κ2) is 47.0. The van der Waals surface area contributed by atoms with Crippen LogP contribution >= 0.6 is 0 Å². The predicted octanol–water partition coefficient (Wildman–Crippen LogP) is 16.0. The van der Waals surface area contributed by atoms with Crippen LogP contribution in [0.5, 0.6) is 0 Å². The molecule has 0 radical (unpaired) electrons. The summed E-state index contributed by atoms with van der Waals surface area (Å²) in [6.45, 7) is 4.18. The quantitative estimate of drug-likeness (QED) is 0.0379. The first-order valence-electron chi connectivity index (χ1n) is 24.7. The molecule has 1 atom stereocenters. The Morgan fingerprint density at radius 2 is 0.673 bits per heavy atom. The molecular formula is C50H96O5. The third-order valence-corrected chi connectivity index (χ3v) is 11.3. The summed E-state index contributed by atoms with van der Waals surface area (Å²) in [4.78, 5) is 24.4. The lowest BCUT2D eigenvalue weighted by molar-refractivity contribution is -0.161. The van der Waals surface area contributed by atoms with Gasteiger partial charge in [-0.2, -0.15) is 0 Å². The number of hydrogen-bond acceptors (Lipinski definition) is 5. The molecule has 0 aliphatic heterocycles. The average Bonchev–Trinajstić information content (AvgIpc) is 3.19. The second-order valence-electron chi connectivity index (χ2n) is 16.9. The molecule has 55 heavy (non-hydrogen) atoms. The van der Waals surface area contributed by atoms with Gasteiger partial charge in [-0.25, -0.2) is 0 Å². The number of aliphatic hydroxyl groups excluding tert-OH is 1. The number of rotatable bonds is 46. The van der Waals surface area contributed by atoms with Gasteiger partial charge in [0.2, 0.25) is 0 Å². The van der Waals surface area contributed by atoms with E-state index < -0.39 is 6.10 Å². The molecule has 0 aromatic heterocycles. The summed E-state index contributed by atoms with van der Waals surface area (Å²) in [7, 11) is 0. The zero-order valence-electron chi connectivity index (χ0n) is 37.2. The summed E-state index contributed by atoms with van der Waals surface area (Å²) in [5.41, 5.74) is 0. The molecule has 0 aliphatic rings. The Hall–Kier alpha value is -1.36. The summed E-state index contributed by atoms with van der Waals surface area (Å²) in [6.07, 6.45) is 55.9. The van der Waals surface area contributed by atoms with Crippen molar-refractivity contribution in [1.29, 1.82) is 0 Å². The molecule has 0 saturated carbocycles. The molecule has 0 aromatic carbocycles. The van der Waals surface area contributed by atoms with E-state index in [0.29, 0.717) is 12.8 Å². The molecule has 326 valence electrons. The topological polar surface area (TPSA) is 72.8 Å². The maximum atomic E-state index is 12.2. The highest BCUT2D eigenvalue weighted by atomic mass is 16.6. The van der Waals surface area contributed by atoms with Gasteiger partial charge >= 0.3 is 11.9 Å². The molecule has 0 heterocycles. The van der Waals surface area contributed by atoms with E-state index in [2.05, 4.69) is 26.0 Å². The first kappa shape index (κ1) is 53.6. The van der Waals surface area contributed by atoms with E-state index in [0.717, 1.165) is 32.1 Å². The van der Waals surface area contributed by atoms with Crippen molar-refractivity contribution in [3.63, 3.8) is 0 Å². The fourth-order valence-electron chi connectivity index (χ4n) is 7.55. The second-order valence-corrected chi connectivity index (χ2v) is 16.9. The molecule has 0 aliphatic carbocycles. The molecule has 5 heteroatoms. The number of carbonyl (C=O) groups is 2. The van der Waals surface area contributed by atoms with Crippen LogP contribution in [0.2, 0.25) is 0 Å². The van der Waals surface area contributed by atoms with Gasteiger partial charge in [-0.3, -0.25) is 9.59 Å². The van der Waals surface area contributed by atoms with Gasteiger partial charge in [0.05, 0.1) is 6.61 Å². The van der Waals surface area contributed by atoms with Crippen LogP contribution in [0.25, 0.3) is 0 Å². The van der Waals surface area contributed by atoms with Gasteiger partial charge in [0.15, 0.2) is 6.10 Å². The van der Waals surface area contributed by atoms with Gasteiger partial charge in [0, 0.05) is 12.8 Å². The lowest BCUT2D eigenvalue weighted by atomic mass is 10.0. The highest BCUT2D eigenvalue weighted by molar-refractivity contribution is 5.70. The standard InChI is InChI=1S/C50H96O5/c1-3-5-7-9-11-13-15-17-19-21-23-25-27-29-31-33-35-37-39-41-43-45-50(53)55-48(46-51)47-54-49(52)44-42-40-38-36-34-32-30-28-26-24-22-20-18-16-14-12-10-8-6-4-2/h21,23,48,51H,3-20,22,24-47H2,1-2H3/b23-21-. The highest BCUT2D eigenvalue weighted by Gasteiger charge is 2.16. The summed E-state index contributed by atoms with van der Waals surface area (Å²) in [6, 6.07) is 0. The Morgan fingerprint density at radius 3 is 0.982 bits per heavy atom. The van der Waals surface area contributed by atoms with Crippen molar-refractivity contribution in [2.24, 2.45) is 0 Å². The third-order valence-electron chi connectivity index (χ3n) is 11.3. The Kier molecular flexibility index (Phi) is 45.9. The minimum atomic E-state index is -0.767. The van der Waals surface area contributed by atoms with Gasteiger partial charge in [0.25, 0.3) is 0 Å². The van der Waals surface area contributed by atoms with Crippen LogP contribution in [-0.4, -0.2) is 36.4 Å². The van der Waals surface area contributed by atoms with Crippen LogP contribution in [0.4, 0.5) is 0 Å². The van der Waals surface area contributed by atoms with E-state index in [4.69, 9.17) is 9.47 Å². The molecule has 0 saturated heterocycles. The van der Waals surface area contributed by atoms with E-state index in [1.165, 1.54) is 218 Å². The first-order chi connectivity index (χ1) is 27.1. The van der Waals surface area contributed by atoms with Crippen LogP contribution < -0.4 is 0 Å². The van der Waals surface area contributed by atoms with E-state index in [9.17, 15) is 14.7 Å². The van der Waals surface area contributed by atoms with Crippen molar-refractivity contribution in [1.82, 2.24) is 0 Å². The van der Waals surface area contributed by atoms with Crippen LogP contribution in [0.3, 0.4) is 0 Å². The zero-order chi connectivity index (χ0) is 40.0. The summed E-state index contributed by atoms with van der Waals surface area (Å²) in [5, 5.41) is 9.61. The lowest BCUT2D eigenvalue weighted by Crippen LogP contribution is -2.28. The Bertz CT molecular complexity index is 795. The van der Waals surface area contributed by atoms with Crippen molar-refractivity contribution in [2.45, 2.75) is 283 Å². The minimum Gasteiger partial charge on any atom is -0.462 e. The molecule has 5 nitrogen and oxygen atoms in total. The molecule has 0 rings (SSSR count). The predicted molar refractivity (Wildman–Crippen MR) is 238 cm³/mol. The Morgan fingerprint density at radius 1 is 0.400 bits per heavy atom. The van der Waals surface area contributed by atoms with E-state index in [1.54, 1.807) is 0 Å². The maximum absolute atomic E-state index is 12.2. The number of carbonyl (C=O) groups excluding carboxylic acids is 2. The number of unbranched alkanes of at least 4 members (excludes halogenated alkanes) is 36.